The molecule has 0 bridgehead atoms. The standard InChI is InChI=1S/C14H15BrN2O/c1-10-4-2-3-5-12(10)13(16)9-17-8-11(15)6-7-14(17)18/h2-8,13H,9,16H2,1H3. The van der Waals surface area contributed by atoms with Crippen LogP contribution in [0.2, 0.25) is 0 Å². The smallest absolute Gasteiger partial charge is 0.250 e. The number of halogens is 1. The number of nitrogens with two attached hydrogens (primary N) is 1. The van der Waals surface area contributed by atoms with Crippen molar-refractivity contribution in [2.24, 2.45) is 5.73 Å². The molecule has 1 aromatic heterocycles. The SMILES string of the molecule is Cc1ccccc1C(N)Cn1cc(Br)ccc1=O. The average molecular weight is 307 g/mol. The normalized spacial score (nSPS) is 12.4. The molecule has 2 aromatic rings. The molecular weight excluding hydrogens is 292 g/mol. The zero-order valence-electron chi connectivity index (χ0n) is 10.1. The van der Waals surface area contributed by atoms with Gasteiger partial charge in [0.1, 0.15) is 0 Å². The predicted octanol–water partition coefficient (Wildman–Crippen LogP) is 2.62. The molecule has 1 aromatic carbocycles. The predicted molar refractivity (Wildman–Crippen MR) is 76.5 cm³/mol. The fourth-order valence-electron chi connectivity index (χ4n) is 1.96. The number of nitrogens with zero attached hydrogens (tertiary/aromatic N) is 1. The van der Waals surface area contributed by atoms with Gasteiger partial charge in [0.25, 0.3) is 5.56 Å². The summed E-state index contributed by atoms with van der Waals surface area (Å²) in [5, 5.41) is 0. The van der Waals surface area contributed by atoms with Gasteiger partial charge in [-0.05, 0) is 40.0 Å². The summed E-state index contributed by atoms with van der Waals surface area (Å²) in [6.07, 6.45) is 1.76. The van der Waals surface area contributed by atoms with E-state index in [4.69, 9.17) is 5.73 Å². The van der Waals surface area contributed by atoms with Crippen molar-refractivity contribution in [3.63, 3.8) is 0 Å². The lowest BCUT2D eigenvalue weighted by atomic mass is 10.0. The van der Waals surface area contributed by atoms with E-state index in [1.807, 2.05) is 31.2 Å². The van der Waals surface area contributed by atoms with E-state index in [1.54, 1.807) is 16.8 Å². The van der Waals surface area contributed by atoms with Crippen LogP contribution in [-0.2, 0) is 6.54 Å². The molecule has 18 heavy (non-hydrogen) atoms. The molecular formula is C14H15BrN2O. The van der Waals surface area contributed by atoms with Crippen LogP contribution in [0.15, 0.2) is 51.9 Å². The third-order valence-electron chi connectivity index (χ3n) is 2.93. The van der Waals surface area contributed by atoms with Crippen molar-refractivity contribution in [1.29, 1.82) is 0 Å². The number of benzene rings is 1. The largest absolute Gasteiger partial charge is 0.322 e. The van der Waals surface area contributed by atoms with Crippen LogP contribution in [0, 0.1) is 6.92 Å². The number of hydrogen-bond acceptors (Lipinski definition) is 2. The summed E-state index contributed by atoms with van der Waals surface area (Å²) in [6, 6.07) is 11.1. The van der Waals surface area contributed by atoms with Gasteiger partial charge in [0, 0.05) is 29.3 Å². The molecule has 0 aliphatic carbocycles. The molecule has 0 fully saturated rings. The topological polar surface area (TPSA) is 48.0 Å². The van der Waals surface area contributed by atoms with Crippen molar-refractivity contribution in [3.8, 4) is 0 Å². The molecule has 3 nitrogen and oxygen atoms in total. The Balaban J connectivity index is 2.27. The molecule has 2 rings (SSSR count). The molecule has 1 atom stereocenters. The Morgan fingerprint density at radius 1 is 1.28 bits per heavy atom. The summed E-state index contributed by atoms with van der Waals surface area (Å²) in [4.78, 5) is 11.7. The highest BCUT2D eigenvalue weighted by Gasteiger charge is 2.10. The molecule has 0 saturated heterocycles. The van der Waals surface area contributed by atoms with Gasteiger partial charge in [0.15, 0.2) is 0 Å². The summed E-state index contributed by atoms with van der Waals surface area (Å²) < 4.78 is 2.50. The lowest BCUT2D eigenvalue weighted by Gasteiger charge is -2.16. The van der Waals surface area contributed by atoms with Crippen molar-refractivity contribution in [2.75, 3.05) is 0 Å². The second-order valence-corrected chi connectivity index (χ2v) is 5.22. The van der Waals surface area contributed by atoms with E-state index < -0.39 is 0 Å². The number of hydrogen-bond donors (Lipinski definition) is 1. The van der Waals surface area contributed by atoms with Crippen molar-refractivity contribution in [1.82, 2.24) is 4.57 Å². The summed E-state index contributed by atoms with van der Waals surface area (Å²) >= 11 is 3.36. The van der Waals surface area contributed by atoms with Crippen LogP contribution in [0.4, 0.5) is 0 Å². The molecule has 0 radical (unpaired) electrons. The Bertz CT molecular complexity index is 607. The maximum absolute atomic E-state index is 11.7. The fourth-order valence-corrected chi connectivity index (χ4v) is 2.34. The first-order chi connectivity index (χ1) is 8.58. The highest BCUT2D eigenvalue weighted by atomic mass is 79.9. The molecule has 0 aliphatic rings. The highest BCUT2D eigenvalue weighted by molar-refractivity contribution is 9.10. The van der Waals surface area contributed by atoms with Gasteiger partial charge in [-0.1, -0.05) is 24.3 Å². The Labute approximate surface area is 114 Å². The van der Waals surface area contributed by atoms with E-state index in [9.17, 15) is 4.79 Å². The number of aromatic nitrogens is 1. The first kappa shape index (κ1) is 13.1. The first-order valence-electron chi connectivity index (χ1n) is 5.75. The highest BCUT2D eigenvalue weighted by Crippen LogP contribution is 2.16. The average Bonchev–Trinajstić information content (AvgIpc) is 2.34. The number of rotatable bonds is 3. The van der Waals surface area contributed by atoms with Crippen molar-refractivity contribution >= 4 is 15.9 Å². The van der Waals surface area contributed by atoms with Gasteiger partial charge in [-0.3, -0.25) is 4.79 Å². The quantitative estimate of drug-likeness (QED) is 0.947. The van der Waals surface area contributed by atoms with Gasteiger partial charge >= 0.3 is 0 Å². The summed E-state index contributed by atoms with van der Waals surface area (Å²) in [6.45, 7) is 2.50. The molecule has 1 heterocycles. The van der Waals surface area contributed by atoms with Gasteiger partial charge in [0.2, 0.25) is 0 Å². The minimum Gasteiger partial charge on any atom is -0.322 e. The van der Waals surface area contributed by atoms with Crippen LogP contribution in [0.5, 0.6) is 0 Å². The van der Waals surface area contributed by atoms with Crippen LogP contribution in [0.1, 0.15) is 17.2 Å². The fraction of sp³-hybridized carbons (Fsp3) is 0.214. The van der Waals surface area contributed by atoms with E-state index in [2.05, 4.69) is 15.9 Å². The first-order valence-corrected chi connectivity index (χ1v) is 6.54. The van der Waals surface area contributed by atoms with Crippen molar-refractivity contribution < 1.29 is 0 Å². The van der Waals surface area contributed by atoms with Crippen LogP contribution < -0.4 is 11.3 Å². The Kier molecular flexibility index (Phi) is 3.99. The molecule has 94 valence electrons. The molecule has 0 amide bonds. The van der Waals surface area contributed by atoms with Gasteiger partial charge in [-0.15, -0.1) is 0 Å². The van der Waals surface area contributed by atoms with E-state index in [0.29, 0.717) is 6.54 Å². The van der Waals surface area contributed by atoms with Crippen LogP contribution in [0.3, 0.4) is 0 Å². The van der Waals surface area contributed by atoms with E-state index >= 15 is 0 Å². The molecule has 4 heteroatoms. The second-order valence-electron chi connectivity index (χ2n) is 4.30. The zero-order chi connectivity index (χ0) is 13.1. The Hall–Kier alpha value is -1.39. The molecule has 0 spiro atoms. The maximum Gasteiger partial charge on any atom is 0.250 e. The van der Waals surface area contributed by atoms with Gasteiger partial charge in [-0.2, -0.15) is 0 Å². The van der Waals surface area contributed by atoms with E-state index in [-0.39, 0.29) is 11.6 Å². The zero-order valence-corrected chi connectivity index (χ0v) is 11.7. The monoisotopic (exact) mass is 306 g/mol. The third kappa shape index (κ3) is 2.89. The van der Waals surface area contributed by atoms with Crippen LogP contribution in [-0.4, -0.2) is 4.57 Å². The van der Waals surface area contributed by atoms with Crippen molar-refractivity contribution in [3.05, 3.63) is 68.5 Å². The molecule has 0 saturated carbocycles. The number of pyridine rings is 1. The Morgan fingerprint density at radius 3 is 2.72 bits per heavy atom. The van der Waals surface area contributed by atoms with E-state index in [1.165, 1.54) is 6.07 Å². The second kappa shape index (κ2) is 5.50. The van der Waals surface area contributed by atoms with Crippen molar-refractivity contribution in [2.45, 2.75) is 19.5 Å². The Morgan fingerprint density at radius 2 is 2.00 bits per heavy atom. The lowest BCUT2D eigenvalue weighted by molar-refractivity contribution is 0.558. The van der Waals surface area contributed by atoms with Gasteiger partial charge in [0.05, 0.1) is 0 Å². The molecule has 0 aliphatic heterocycles. The minimum absolute atomic E-state index is 0.0396. The molecule has 2 N–H and O–H groups in total. The summed E-state index contributed by atoms with van der Waals surface area (Å²) in [5.74, 6) is 0. The maximum atomic E-state index is 11.7. The van der Waals surface area contributed by atoms with Gasteiger partial charge < -0.3 is 10.3 Å². The van der Waals surface area contributed by atoms with Crippen LogP contribution in [0.25, 0.3) is 0 Å². The minimum atomic E-state index is -0.182. The molecule has 1 unspecified atom stereocenters. The number of aryl methyl sites for hydroxylation is 1. The summed E-state index contributed by atoms with van der Waals surface area (Å²) in [7, 11) is 0. The van der Waals surface area contributed by atoms with Gasteiger partial charge in [-0.25, -0.2) is 0 Å². The summed E-state index contributed by atoms with van der Waals surface area (Å²) in [5.41, 5.74) is 8.35. The lowest BCUT2D eigenvalue weighted by Crippen LogP contribution is -2.26. The van der Waals surface area contributed by atoms with E-state index in [0.717, 1.165) is 15.6 Å². The van der Waals surface area contributed by atoms with Crippen LogP contribution >= 0.6 is 15.9 Å². The third-order valence-corrected chi connectivity index (χ3v) is 3.40.